The van der Waals surface area contributed by atoms with Crippen molar-refractivity contribution < 1.29 is 13.6 Å². The third kappa shape index (κ3) is 3.35. The summed E-state index contributed by atoms with van der Waals surface area (Å²) in [6.07, 6.45) is 0.650. The first-order valence-corrected chi connectivity index (χ1v) is 8.20. The number of fused-ring (bicyclic) bond motifs is 1. The number of thiophene rings is 1. The van der Waals surface area contributed by atoms with E-state index < -0.39 is 17.5 Å². The summed E-state index contributed by atoms with van der Waals surface area (Å²) in [4.78, 5) is 12.0. The van der Waals surface area contributed by atoms with Gasteiger partial charge in [0.05, 0.1) is 10.6 Å². The summed E-state index contributed by atoms with van der Waals surface area (Å²) in [6.45, 7) is 0.384. The monoisotopic (exact) mass is 351 g/mol. The van der Waals surface area contributed by atoms with E-state index in [9.17, 15) is 13.6 Å². The Kier molecular flexibility index (Phi) is 4.59. The van der Waals surface area contributed by atoms with E-state index in [2.05, 4.69) is 10.7 Å². The molecule has 3 rings (SSSR count). The van der Waals surface area contributed by atoms with Crippen LogP contribution in [-0.4, -0.2) is 12.5 Å². The normalized spacial score (nSPS) is 10.9. The molecule has 1 heterocycles. The number of amides is 1. The largest absolute Gasteiger partial charge is 0.352 e. The quantitative estimate of drug-likeness (QED) is 0.672. The van der Waals surface area contributed by atoms with Gasteiger partial charge in [0.25, 0.3) is 5.91 Å². The maximum atomic E-state index is 13.2. The average Bonchev–Trinajstić information content (AvgIpc) is 2.94. The Labute approximate surface area is 140 Å². The minimum absolute atomic E-state index is 0.0688. The second-order valence-electron chi connectivity index (χ2n) is 5.01. The molecule has 0 aliphatic heterocycles. The van der Waals surface area contributed by atoms with E-state index in [0.717, 1.165) is 23.1 Å². The average molecular weight is 352 g/mol. The Balaban J connectivity index is 1.67. The van der Waals surface area contributed by atoms with Gasteiger partial charge >= 0.3 is 0 Å². The van der Waals surface area contributed by atoms with E-state index in [1.165, 1.54) is 4.70 Å². The van der Waals surface area contributed by atoms with Crippen LogP contribution in [0.15, 0.2) is 41.8 Å². The van der Waals surface area contributed by atoms with Gasteiger partial charge in [0, 0.05) is 11.2 Å². The van der Waals surface area contributed by atoms with E-state index in [4.69, 9.17) is 11.6 Å². The Morgan fingerprint density at radius 1 is 1.17 bits per heavy atom. The summed E-state index contributed by atoms with van der Waals surface area (Å²) in [5.41, 5.74) is 1.07. The van der Waals surface area contributed by atoms with Crippen molar-refractivity contribution in [1.82, 2.24) is 5.32 Å². The second kappa shape index (κ2) is 6.64. The fraction of sp³-hybridized carbons (Fsp3) is 0.118. The van der Waals surface area contributed by atoms with Crippen LogP contribution in [0.25, 0.3) is 10.1 Å². The van der Waals surface area contributed by atoms with Gasteiger partial charge in [-0.25, -0.2) is 8.78 Å². The van der Waals surface area contributed by atoms with Gasteiger partial charge in [-0.3, -0.25) is 4.79 Å². The van der Waals surface area contributed by atoms with Crippen LogP contribution in [0.5, 0.6) is 0 Å². The number of hydrogen-bond acceptors (Lipinski definition) is 2. The molecule has 118 valence electrons. The molecule has 0 aliphatic rings. The Bertz CT molecular complexity index is 878. The predicted molar refractivity (Wildman–Crippen MR) is 89.2 cm³/mol. The molecule has 0 radical (unpaired) electrons. The fourth-order valence-corrected chi connectivity index (χ4v) is 3.56. The van der Waals surface area contributed by atoms with E-state index in [1.54, 1.807) is 11.3 Å². The lowest BCUT2D eigenvalue weighted by molar-refractivity contribution is 0.0954. The molecule has 6 heteroatoms. The summed E-state index contributed by atoms with van der Waals surface area (Å²) in [5, 5.41) is 5.79. The highest BCUT2D eigenvalue weighted by Crippen LogP contribution is 2.25. The van der Waals surface area contributed by atoms with Gasteiger partial charge < -0.3 is 5.32 Å². The summed E-state index contributed by atoms with van der Waals surface area (Å²) in [7, 11) is 0. The maximum Gasteiger partial charge on any atom is 0.252 e. The third-order valence-corrected chi connectivity index (χ3v) is 4.82. The molecule has 1 N–H and O–H groups in total. The minimum Gasteiger partial charge on any atom is -0.352 e. The Hall–Kier alpha value is -1.98. The van der Waals surface area contributed by atoms with Crippen molar-refractivity contribution in [2.24, 2.45) is 0 Å². The van der Waals surface area contributed by atoms with Gasteiger partial charge in [-0.1, -0.05) is 29.8 Å². The van der Waals surface area contributed by atoms with Gasteiger partial charge in [0.1, 0.15) is 0 Å². The van der Waals surface area contributed by atoms with Crippen molar-refractivity contribution in [3.8, 4) is 0 Å². The first kappa shape index (κ1) is 15.9. The van der Waals surface area contributed by atoms with Crippen LogP contribution >= 0.6 is 22.9 Å². The molecule has 0 spiro atoms. The lowest BCUT2D eigenvalue weighted by Crippen LogP contribution is -2.26. The molecule has 0 fully saturated rings. The molecule has 0 saturated heterocycles. The first-order valence-electron chi connectivity index (χ1n) is 6.94. The summed E-state index contributed by atoms with van der Waals surface area (Å²) in [6, 6.07) is 9.65. The van der Waals surface area contributed by atoms with Gasteiger partial charge in [-0.15, -0.1) is 11.3 Å². The lowest BCUT2D eigenvalue weighted by atomic mass is 10.1. The van der Waals surface area contributed by atoms with Crippen LogP contribution < -0.4 is 5.32 Å². The van der Waals surface area contributed by atoms with E-state index in [-0.39, 0.29) is 10.6 Å². The highest BCUT2D eigenvalue weighted by molar-refractivity contribution is 7.17. The Morgan fingerprint density at radius 3 is 2.74 bits per heavy atom. The number of rotatable bonds is 4. The number of carbonyl (C=O) groups excluding carboxylic acids is 1. The number of benzene rings is 2. The fourth-order valence-electron chi connectivity index (χ4n) is 2.33. The molecular weight excluding hydrogens is 340 g/mol. The minimum atomic E-state index is -1.09. The smallest absolute Gasteiger partial charge is 0.252 e. The van der Waals surface area contributed by atoms with E-state index >= 15 is 0 Å². The van der Waals surface area contributed by atoms with Gasteiger partial charge in [0.2, 0.25) is 0 Å². The molecule has 0 saturated carbocycles. The van der Waals surface area contributed by atoms with Crippen molar-refractivity contribution in [1.29, 1.82) is 0 Å². The molecule has 0 unspecified atom stereocenters. The SMILES string of the molecule is O=C(NCCc1csc2ccccc12)c1cc(F)c(F)cc1Cl. The lowest BCUT2D eigenvalue weighted by Gasteiger charge is -2.07. The standard InChI is InChI=1S/C17H12ClF2NOS/c18-13-8-15(20)14(19)7-12(13)17(22)21-6-5-10-9-23-16-4-2-1-3-11(10)16/h1-4,7-9H,5-6H2,(H,21,22). The zero-order valence-corrected chi connectivity index (χ0v) is 13.5. The molecular formula is C17H12ClF2NOS. The number of hydrogen-bond donors (Lipinski definition) is 1. The van der Waals surface area contributed by atoms with Gasteiger partial charge in [-0.05, 0) is 40.9 Å². The van der Waals surface area contributed by atoms with Crippen LogP contribution in [-0.2, 0) is 6.42 Å². The van der Waals surface area contributed by atoms with E-state index in [0.29, 0.717) is 13.0 Å². The molecule has 0 bridgehead atoms. The summed E-state index contributed by atoms with van der Waals surface area (Å²) < 4.78 is 27.4. The van der Waals surface area contributed by atoms with Crippen LogP contribution in [0.1, 0.15) is 15.9 Å². The van der Waals surface area contributed by atoms with Gasteiger partial charge in [-0.2, -0.15) is 0 Å². The molecule has 1 amide bonds. The maximum absolute atomic E-state index is 13.2. The Morgan fingerprint density at radius 2 is 1.91 bits per heavy atom. The molecule has 2 aromatic carbocycles. The topological polar surface area (TPSA) is 29.1 Å². The zero-order chi connectivity index (χ0) is 16.4. The van der Waals surface area contributed by atoms with Crippen molar-refractivity contribution in [3.63, 3.8) is 0 Å². The van der Waals surface area contributed by atoms with Crippen molar-refractivity contribution in [3.05, 3.63) is 69.6 Å². The predicted octanol–water partition coefficient (Wildman–Crippen LogP) is 4.81. The number of halogens is 3. The first-order chi connectivity index (χ1) is 11.1. The van der Waals surface area contributed by atoms with E-state index in [1.807, 2.05) is 24.3 Å². The third-order valence-electron chi connectivity index (χ3n) is 3.50. The highest BCUT2D eigenvalue weighted by Gasteiger charge is 2.14. The molecule has 3 aromatic rings. The van der Waals surface area contributed by atoms with Crippen molar-refractivity contribution in [2.75, 3.05) is 6.54 Å². The number of nitrogens with one attached hydrogen (secondary N) is 1. The highest BCUT2D eigenvalue weighted by atomic mass is 35.5. The van der Waals surface area contributed by atoms with Crippen molar-refractivity contribution in [2.45, 2.75) is 6.42 Å². The molecule has 23 heavy (non-hydrogen) atoms. The molecule has 0 aliphatic carbocycles. The molecule has 1 aromatic heterocycles. The number of carbonyl (C=O) groups is 1. The van der Waals surface area contributed by atoms with Gasteiger partial charge in [0.15, 0.2) is 11.6 Å². The zero-order valence-electron chi connectivity index (χ0n) is 11.9. The second-order valence-corrected chi connectivity index (χ2v) is 6.33. The van der Waals surface area contributed by atoms with Crippen LogP contribution in [0.4, 0.5) is 8.78 Å². The van der Waals surface area contributed by atoms with Crippen LogP contribution in [0, 0.1) is 11.6 Å². The van der Waals surface area contributed by atoms with Crippen molar-refractivity contribution >= 4 is 38.9 Å². The summed E-state index contributed by atoms with van der Waals surface area (Å²) in [5.74, 6) is -2.69. The molecule has 0 atom stereocenters. The van der Waals surface area contributed by atoms with Crippen LogP contribution in [0.2, 0.25) is 5.02 Å². The summed E-state index contributed by atoms with van der Waals surface area (Å²) >= 11 is 7.44. The molecule has 2 nitrogen and oxygen atoms in total. The van der Waals surface area contributed by atoms with Crippen LogP contribution in [0.3, 0.4) is 0 Å².